The molecule has 0 aliphatic rings. The number of oxazole rings is 1. The summed E-state index contributed by atoms with van der Waals surface area (Å²) in [6.07, 6.45) is 1.42. The third kappa shape index (κ3) is 3.09. The zero-order valence-electron chi connectivity index (χ0n) is 15.6. The quantitative estimate of drug-likeness (QED) is 0.584. The molecule has 0 saturated carbocycles. The van der Waals surface area contributed by atoms with Gasteiger partial charge in [-0.3, -0.25) is 4.79 Å². The Kier molecular flexibility index (Phi) is 4.31. The summed E-state index contributed by atoms with van der Waals surface area (Å²) in [7, 11) is 3.67. The standard InChI is InChI=1S/C20H18FN5O2/c1-12-14(11-22-26(12)17-7-5-4-6-15(17)21)19(27)23-13-8-9-16-18(10-13)28-20(24-16)25(2)3/h4-11H,1-3H3,(H,23,27). The molecule has 2 aromatic heterocycles. The number of anilines is 2. The Balaban J connectivity index is 1.61. The second-order valence-corrected chi connectivity index (χ2v) is 6.53. The molecule has 0 saturated heterocycles. The minimum absolute atomic E-state index is 0.290. The van der Waals surface area contributed by atoms with Crippen LogP contribution in [0.2, 0.25) is 0 Å². The van der Waals surface area contributed by atoms with E-state index in [9.17, 15) is 9.18 Å². The number of carbonyl (C=O) groups excluding carboxylic acids is 1. The molecule has 4 aromatic rings. The van der Waals surface area contributed by atoms with Crippen molar-refractivity contribution in [3.8, 4) is 5.69 Å². The second-order valence-electron chi connectivity index (χ2n) is 6.53. The Morgan fingerprint density at radius 1 is 1.21 bits per heavy atom. The van der Waals surface area contributed by atoms with Crippen LogP contribution in [0.1, 0.15) is 16.1 Å². The molecule has 1 N–H and O–H groups in total. The molecule has 2 heterocycles. The number of amides is 1. The number of hydrogen-bond acceptors (Lipinski definition) is 5. The van der Waals surface area contributed by atoms with E-state index < -0.39 is 5.82 Å². The van der Waals surface area contributed by atoms with Crippen molar-refractivity contribution in [3.05, 3.63) is 65.7 Å². The van der Waals surface area contributed by atoms with Crippen LogP contribution in [0, 0.1) is 12.7 Å². The van der Waals surface area contributed by atoms with Crippen LogP contribution in [-0.2, 0) is 0 Å². The van der Waals surface area contributed by atoms with E-state index >= 15 is 0 Å². The van der Waals surface area contributed by atoms with Crippen molar-refractivity contribution in [1.29, 1.82) is 0 Å². The van der Waals surface area contributed by atoms with E-state index in [1.165, 1.54) is 16.9 Å². The number of rotatable bonds is 4. The Morgan fingerprint density at radius 2 is 2.00 bits per heavy atom. The summed E-state index contributed by atoms with van der Waals surface area (Å²) in [6, 6.07) is 12.0. The van der Waals surface area contributed by atoms with Crippen molar-refractivity contribution in [2.24, 2.45) is 0 Å². The molecule has 0 bridgehead atoms. The summed E-state index contributed by atoms with van der Waals surface area (Å²) < 4.78 is 21.1. The van der Waals surface area contributed by atoms with Gasteiger partial charge in [-0.15, -0.1) is 0 Å². The van der Waals surface area contributed by atoms with E-state index in [4.69, 9.17) is 4.42 Å². The minimum Gasteiger partial charge on any atom is -0.423 e. The number of nitrogens with one attached hydrogen (secondary N) is 1. The normalized spacial score (nSPS) is 11.0. The number of fused-ring (bicyclic) bond motifs is 1. The average Bonchev–Trinajstić information content (AvgIpc) is 3.25. The van der Waals surface area contributed by atoms with Crippen LogP contribution in [0.4, 0.5) is 16.1 Å². The number of para-hydroxylation sites is 1. The highest BCUT2D eigenvalue weighted by Gasteiger charge is 2.17. The smallest absolute Gasteiger partial charge is 0.297 e. The SMILES string of the molecule is Cc1c(C(=O)Nc2ccc3nc(N(C)C)oc3c2)cnn1-c1ccccc1F. The van der Waals surface area contributed by atoms with Crippen molar-refractivity contribution >= 4 is 28.7 Å². The number of carbonyl (C=O) groups is 1. The fourth-order valence-corrected chi connectivity index (χ4v) is 2.88. The van der Waals surface area contributed by atoms with Crippen LogP contribution in [0.15, 0.2) is 53.1 Å². The summed E-state index contributed by atoms with van der Waals surface area (Å²) in [5.41, 5.74) is 3.02. The summed E-state index contributed by atoms with van der Waals surface area (Å²) in [6.45, 7) is 1.72. The topological polar surface area (TPSA) is 76.2 Å². The molecule has 8 heteroatoms. The average molecular weight is 379 g/mol. The molecule has 0 aliphatic heterocycles. The van der Waals surface area contributed by atoms with E-state index in [1.54, 1.807) is 48.2 Å². The molecule has 0 aliphatic carbocycles. The Bertz CT molecular complexity index is 1180. The third-order valence-corrected chi connectivity index (χ3v) is 4.35. The minimum atomic E-state index is -0.409. The molecule has 7 nitrogen and oxygen atoms in total. The fourth-order valence-electron chi connectivity index (χ4n) is 2.88. The van der Waals surface area contributed by atoms with E-state index in [1.807, 2.05) is 14.1 Å². The van der Waals surface area contributed by atoms with E-state index in [0.29, 0.717) is 39.7 Å². The maximum absolute atomic E-state index is 14.0. The van der Waals surface area contributed by atoms with Crippen LogP contribution in [0.5, 0.6) is 0 Å². The summed E-state index contributed by atoms with van der Waals surface area (Å²) in [4.78, 5) is 18.8. The van der Waals surface area contributed by atoms with E-state index in [2.05, 4.69) is 15.4 Å². The predicted octanol–water partition coefficient (Wildman–Crippen LogP) is 3.78. The lowest BCUT2D eigenvalue weighted by Crippen LogP contribution is -2.13. The molecule has 1 amide bonds. The molecule has 0 spiro atoms. The van der Waals surface area contributed by atoms with Gasteiger partial charge in [0.2, 0.25) is 0 Å². The lowest BCUT2D eigenvalue weighted by Gasteiger charge is -2.07. The number of nitrogens with zero attached hydrogens (tertiary/aromatic N) is 4. The van der Waals surface area contributed by atoms with Crippen molar-refractivity contribution in [2.45, 2.75) is 6.92 Å². The number of aromatic nitrogens is 3. The molecule has 28 heavy (non-hydrogen) atoms. The Morgan fingerprint density at radius 3 is 2.75 bits per heavy atom. The molecule has 0 unspecified atom stereocenters. The maximum atomic E-state index is 14.0. The fraction of sp³-hybridized carbons (Fsp3) is 0.150. The maximum Gasteiger partial charge on any atom is 0.297 e. The Hall–Kier alpha value is -3.68. The molecule has 2 aromatic carbocycles. The number of hydrogen-bond donors (Lipinski definition) is 1. The zero-order valence-corrected chi connectivity index (χ0v) is 15.6. The summed E-state index contributed by atoms with van der Waals surface area (Å²) in [5.74, 6) is -0.750. The van der Waals surface area contributed by atoms with E-state index in [0.717, 1.165) is 0 Å². The highest BCUT2D eigenvalue weighted by molar-refractivity contribution is 6.05. The second kappa shape index (κ2) is 6.80. The molecular formula is C20H18FN5O2. The number of benzene rings is 2. The van der Waals surface area contributed by atoms with Crippen molar-refractivity contribution < 1.29 is 13.6 Å². The predicted molar refractivity (Wildman–Crippen MR) is 105 cm³/mol. The summed E-state index contributed by atoms with van der Waals surface area (Å²) >= 11 is 0. The van der Waals surface area contributed by atoms with Gasteiger partial charge in [-0.2, -0.15) is 10.1 Å². The van der Waals surface area contributed by atoms with Gasteiger partial charge in [0.25, 0.3) is 11.9 Å². The highest BCUT2D eigenvalue weighted by atomic mass is 19.1. The van der Waals surface area contributed by atoms with Crippen molar-refractivity contribution in [1.82, 2.24) is 14.8 Å². The summed E-state index contributed by atoms with van der Waals surface area (Å²) in [5, 5.41) is 6.99. The first kappa shape index (κ1) is 17.7. The monoisotopic (exact) mass is 379 g/mol. The van der Waals surface area contributed by atoms with Crippen LogP contribution in [0.25, 0.3) is 16.8 Å². The lowest BCUT2D eigenvalue weighted by atomic mass is 10.2. The van der Waals surface area contributed by atoms with Crippen molar-refractivity contribution in [3.63, 3.8) is 0 Å². The molecule has 142 valence electrons. The first-order chi connectivity index (χ1) is 13.4. The van der Waals surface area contributed by atoms with Crippen LogP contribution >= 0.6 is 0 Å². The molecule has 0 radical (unpaired) electrons. The van der Waals surface area contributed by atoms with Gasteiger partial charge >= 0.3 is 0 Å². The van der Waals surface area contributed by atoms with Crippen LogP contribution in [-0.4, -0.2) is 34.8 Å². The third-order valence-electron chi connectivity index (χ3n) is 4.35. The van der Waals surface area contributed by atoms with Gasteiger partial charge < -0.3 is 14.6 Å². The molecule has 0 atom stereocenters. The van der Waals surface area contributed by atoms with Gasteiger partial charge in [-0.1, -0.05) is 12.1 Å². The number of halogens is 1. The van der Waals surface area contributed by atoms with Gasteiger partial charge in [-0.25, -0.2) is 9.07 Å². The van der Waals surface area contributed by atoms with E-state index in [-0.39, 0.29) is 5.91 Å². The lowest BCUT2D eigenvalue weighted by molar-refractivity contribution is 0.102. The Labute approximate surface area is 160 Å². The molecule has 4 rings (SSSR count). The van der Waals surface area contributed by atoms with Gasteiger partial charge in [0.1, 0.15) is 17.0 Å². The first-order valence-corrected chi connectivity index (χ1v) is 8.63. The van der Waals surface area contributed by atoms with Gasteiger partial charge in [-0.05, 0) is 31.2 Å². The molecular weight excluding hydrogens is 361 g/mol. The van der Waals surface area contributed by atoms with Gasteiger partial charge in [0, 0.05) is 25.8 Å². The van der Waals surface area contributed by atoms with Crippen molar-refractivity contribution in [2.75, 3.05) is 24.3 Å². The van der Waals surface area contributed by atoms with Crippen LogP contribution in [0.3, 0.4) is 0 Å². The van der Waals surface area contributed by atoms with Crippen LogP contribution < -0.4 is 10.2 Å². The van der Waals surface area contributed by atoms with Gasteiger partial charge in [0.05, 0.1) is 17.5 Å². The van der Waals surface area contributed by atoms with Gasteiger partial charge in [0.15, 0.2) is 5.58 Å². The first-order valence-electron chi connectivity index (χ1n) is 8.63. The zero-order chi connectivity index (χ0) is 19.8. The molecule has 0 fully saturated rings. The largest absolute Gasteiger partial charge is 0.423 e. The highest BCUT2D eigenvalue weighted by Crippen LogP contribution is 2.24.